The van der Waals surface area contributed by atoms with Crippen LogP contribution in [0.2, 0.25) is 0 Å². The zero-order chi connectivity index (χ0) is 15.0. The quantitative estimate of drug-likeness (QED) is 0.908. The van der Waals surface area contributed by atoms with E-state index in [1.807, 2.05) is 56.3 Å². The number of furan rings is 1. The van der Waals surface area contributed by atoms with E-state index in [4.69, 9.17) is 4.42 Å². The number of aliphatic carboxylic acids is 1. The van der Waals surface area contributed by atoms with Gasteiger partial charge in [0.1, 0.15) is 22.9 Å². The first-order valence-electron chi connectivity index (χ1n) is 6.79. The van der Waals surface area contributed by atoms with Crippen molar-refractivity contribution in [2.45, 2.75) is 30.0 Å². The summed E-state index contributed by atoms with van der Waals surface area (Å²) in [6, 6.07) is 13.1. The van der Waals surface area contributed by atoms with E-state index in [1.165, 1.54) is 0 Å². The maximum absolute atomic E-state index is 11.3. The van der Waals surface area contributed by atoms with Crippen molar-refractivity contribution in [3.63, 3.8) is 0 Å². The summed E-state index contributed by atoms with van der Waals surface area (Å²) in [7, 11) is 0. The molecule has 0 bridgehead atoms. The van der Waals surface area contributed by atoms with Crippen LogP contribution in [0.25, 0.3) is 11.3 Å². The van der Waals surface area contributed by atoms with E-state index >= 15 is 0 Å². The highest BCUT2D eigenvalue weighted by molar-refractivity contribution is 8.01. The van der Waals surface area contributed by atoms with Crippen LogP contribution in [-0.4, -0.2) is 21.9 Å². The molecule has 21 heavy (non-hydrogen) atoms. The molecule has 4 nitrogen and oxygen atoms in total. The highest BCUT2D eigenvalue weighted by Gasteiger charge is 2.46. The molecular formula is C16H17NO3S. The number of thioether (sulfide) groups is 1. The Labute approximate surface area is 127 Å². The maximum Gasteiger partial charge on any atom is 0.322 e. The Bertz CT molecular complexity index is 651. The van der Waals surface area contributed by atoms with Gasteiger partial charge in [0, 0.05) is 10.3 Å². The summed E-state index contributed by atoms with van der Waals surface area (Å²) in [5.74, 6) is 0.727. The Morgan fingerprint density at radius 3 is 2.57 bits per heavy atom. The molecule has 1 aliphatic rings. The molecule has 0 spiro atoms. The van der Waals surface area contributed by atoms with Crippen molar-refractivity contribution >= 4 is 17.7 Å². The summed E-state index contributed by atoms with van der Waals surface area (Å²) in [6.07, 6.45) is 0. The average Bonchev–Trinajstić information content (AvgIpc) is 3.03. The monoisotopic (exact) mass is 303 g/mol. The molecule has 2 atom stereocenters. The number of rotatable bonds is 3. The Kier molecular flexibility index (Phi) is 3.55. The van der Waals surface area contributed by atoms with Crippen LogP contribution in [0.3, 0.4) is 0 Å². The minimum atomic E-state index is -0.829. The van der Waals surface area contributed by atoms with Gasteiger partial charge in [0.2, 0.25) is 0 Å². The van der Waals surface area contributed by atoms with E-state index in [0.29, 0.717) is 0 Å². The summed E-state index contributed by atoms with van der Waals surface area (Å²) in [5, 5.41) is 12.3. The summed E-state index contributed by atoms with van der Waals surface area (Å²) in [5.41, 5.74) is 1.01. The molecule has 2 N–H and O–H groups in total. The molecule has 0 radical (unpaired) electrons. The van der Waals surface area contributed by atoms with Crippen LogP contribution in [0.5, 0.6) is 0 Å². The van der Waals surface area contributed by atoms with Gasteiger partial charge in [0.05, 0.1) is 0 Å². The normalized spacial score (nSPS) is 24.1. The van der Waals surface area contributed by atoms with Crippen LogP contribution in [0.15, 0.2) is 46.9 Å². The fourth-order valence-corrected chi connectivity index (χ4v) is 3.88. The van der Waals surface area contributed by atoms with Gasteiger partial charge in [-0.25, -0.2) is 0 Å². The first-order valence-corrected chi connectivity index (χ1v) is 7.67. The predicted molar refractivity (Wildman–Crippen MR) is 83.1 cm³/mol. The van der Waals surface area contributed by atoms with Crippen molar-refractivity contribution in [1.82, 2.24) is 5.32 Å². The first-order chi connectivity index (χ1) is 9.97. The smallest absolute Gasteiger partial charge is 0.322 e. The third-order valence-electron chi connectivity index (χ3n) is 3.63. The van der Waals surface area contributed by atoms with Crippen molar-refractivity contribution in [3.8, 4) is 11.3 Å². The minimum absolute atomic E-state index is 0.140. The molecule has 1 aromatic carbocycles. The molecule has 2 aromatic rings. The summed E-state index contributed by atoms with van der Waals surface area (Å²) in [4.78, 5) is 11.3. The fraction of sp³-hybridized carbons (Fsp3) is 0.312. The van der Waals surface area contributed by atoms with Crippen LogP contribution < -0.4 is 5.32 Å². The van der Waals surface area contributed by atoms with Crippen molar-refractivity contribution < 1.29 is 14.3 Å². The second-order valence-corrected chi connectivity index (χ2v) is 7.37. The second-order valence-electron chi connectivity index (χ2n) is 5.61. The lowest BCUT2D eigenvalue weighted by Crippen LogP contribution is -2.43. The number of carbonyl (C=O) groups is 1. The molecule has 1 saturated heterocycles. The maximum atomic E-state index is 11.3. The molecular weight excluding hydrogens is 286 g/mol. The molecule has 2 heterocycles. The van der Waals surface area contributed by atoms with E-state index in [0.717, 1.165) is 17.1 Å². The summed E-state index contributed by atoms with van der Waals surface area (Å²) >= 11 is 1.58. The van der Waals surface area contributed by atoms with E-state index in [9.17, 15) is 9.90 Å². The number of carboxylic acid groups (broad SMARTS) is 1. The largest absolute Gasteiger partial charge is 0.480 e. The van der Waals surface area contributed by atoms with E-state index in [-0.39, 0.29) is 10.1 Å². The van der Waals surface area contributed by atoms with Crippen LogP contribution in [0.1, 0.15) is 25.0 Å². The lowest BCUT2D eigenvalue weighted by molar-refractivity contribution is -0.139. The van der Waals surface area contributed by atoms with Gasteiger partial charge in [-0.1, -0.05) is 30.3 Å². The van der Waals surface area contributed by atoms with Crippen LogP contribution >= 0.6 is 11.8 Å². The van der Waals surface area contributed by atoms with Gasteiger partial charge < -0.3 is 9.52 Å². The standard InChI is InChI=1S/C16H17NO3S/c1-16(2)13(15(18)19)17-14(21-16)12-9-8-11(20-12)10-6-4-3-5-7-10/h3-9,13-14,17H,1-2H3,(H,18,19). The molecule has 3 rings (SSSR count). The highest BCUT2D eigenvalue weighted by Crippen LogP contribution is 2.46. The second kappa shape index (κ2) is 5.24. The molecule has 0 amide bonds. The Morgan fingerprint density at radius 2 is 1.95 bits per heavy atom. The zero-order valence-electron chi connectivity index (χ0n) is 11.9. The van der Waals surface area contributed by atoms with Crippen LogP contribution in [0.4, 0.5) is 0 Å². The van der Waals surface area contributed by atoms with Crippen molar-refractivity contribution in [3.05, 3.63) is 48.2 Å². The third kappa shape index (κ3) is 2.71. The van der Waals surface area contributed by atoms with E-state index in [2.05, 4.69) is 5.32 Å². The van der Waals surface area contributed by atoms with Crippen LogP contribution in [0, 0.1) is 0 Å². The molecule has 1 aromatic heterocycles. The SMILES string of the molecule is CC1(C)SC(c2ccc(-c3ccccc3)o2)NC1C(=O)O. The predicted octanol–water partition coefficient (Wildman–Crippen LogP) is 3.51. The van der Waals surface area contributed by atoms with Crippen molar-refractivity contribution in [2.75, 3.05) is 0 Å². The topological polar surface area (TPSA) is 62.5 Å². The van der Waals surface area contributed by atoms with Gasteiger partial charge in [-0.05, 0) is 26.0 Å². The minimum Gasteiger partial charge on any atom is -0.480 e. The first kappa shape index (κ1) is 14.2. The Hall–Kier alpha value is -1.72. The van der Waals surface area contributed by atoms with E-state index in [1.54, 1.807) is 11.8 Å². The van der Waals surface area contributed by atoms with E-state index < -0.39 is 12.0 Å². The van der Waals surface area contributed by atoms with Gasteiger partial charge in [0.25, 0.3) is 0 Å². The van der Waals surface area contributed by atoms with Gasteiger partial charge in [-0.3, -0.25) is 10.1 Å². The van der Waals surface area contributed by atoms with Crippen molar-refractivity contribution in [2.24, 2.45) is 0 Å². The van der Waals surface area contributed by atoms with Gasteiger partial charge in [-0.15, -0.1) is 11.8 Å². The molecule has 2 unspecified atom stereocenters. The fourth-order valence-electron chi connectivity index (χ4n) is 2.52. The number of carboxylic acids is 1. The Balaban J connectivity index is 1.84. The number of nitrogens with one attached hydrogen (secondary N) is 1. The van der Waals surface area contributed by atoms with Crippen molar-refractivity contribution in [1.29, 1.82) is 0 Å². The molecule has 1 fully saturated rings. The van der Waals surface area contributed by atoms with Gasteiger partial charge in [-0.2, -0.15) is 0 Å². The lowest BCUT2D eigenvalue weighted by Gasteiger charge is -2.20. The summed E-state index contributed by atoms with van der Waals surface area (Å²) in [6.45, 7) is 3.87. The van der Waals surface area contributed by atoms with Gasteiger partial charge >= 0.3 is 5.97 Å². The van der Waals surface area contributed by atoms with Crippen LogP contribution in [-0.2, 0) is 4.79 Å². The number of benzene rings is 1. The lowest BCUT2D eigenvalue weighted by atomic mass is 10.0. The van der Waals surface area contributed by atoms with Gasteiger partial charge in [0.15, 0.2) is 0 Å². The molecule has 1 aliphatic heterocycles. The zero-order valence-corrected chi connectivity index (χ0v) is 12.7. The summed E-state index contributed by atoms with van der Waals surface area (Å²) < 4.78 is 5.52. The molecule has 0 saturated carbocycles. The highest BCUT2D eigenvalue weighted by atomic mass is 32.2. The Morgan fingerprint density at radius 1 is 1.24 bits per heavy atom. The molecule has 110 valence electrons. The molecule has 5 heteroatoms. The number of hydrogen-bond acceptors (Lipinski definition) is 4. The molecule has 0 aliphatic carbocycles. The average molecular weight is 303 g/mol. The number of hydrogen-bond donors (Lipinski definition) is 2. The third-order valence-corrected chi connectivity index (χ3v) is 5.07.